The maximum Gasteiger partial charge on any atom is 0.328 e. The van der Waals surface area contributed by atoms with E-state index in [9.17, 15) is 9.59 Å². The second kappa shape index (κ2) is 12.7. The Hall–Kier alpha value is -3.84. The molecular formula is C29H31NO6. The molecule has 0 aromatic heterocycles. The van der Waals surface area contributed by atoms with Crippen molar-refractivity contribution in [3.8, 4) is 11.5 Å². The first-order valence-corrected chi connectivity index (χ1v) is 12.1. The van der Waals surface area contributed by atoms with Crippen molar-refractivity contribution in [2.24, 2.45) is 0 Å². The number of hydrogen-bond acceptors (Lipinski definition) is 6. The van der Waals surface area contributed by atoms with E-state index in [1.165, 1.54) is 7.11 Å². The summed E-state index contributed by atoms with van der Waals surface area (Å²) in [5, 5.41) is 2.79. The largest absolute Gasteiger partial charge is 0.485 e. The normalized spacial score (nSPS) is 15.6. The first-order valence-electron chi connectivity index (χ1n) is 12.1. The summed E-state index contributed by atoms with van der Waals surface area (Å²) in [4.78, 5) is 25.0. The molecule has 1 saturated heterocycles. The topological polar surface area (TPSA) is 83.1 Å². The minimum absolute atomic E-state index is 0.242. The third kappa shape index (κ3) is 7.09. The zero-order valence-electron chi connectivity index (χ0n) is 20.4. The van der Waals surface area contributed by atoms with Crippen LogP contribution in [-0.4, -0.2) is 37.7 Å². The van der Waals surface area contributed by atoms with Gasteiger partial charge in [-0.05, 0) is 41.7 Å². The van der Waals surface area contributed by atoms with Crippen LogP contribution in [0.25, 0.3) is 0 Å². The molecule has 0 radical (unpaired) electrons. The third-order valence-electron chi connectivity index (χ3n) is 5.95. The molecule has 1 heterocycles. The minimum Gasteiger partial charge on any atom is -0.485 e. The summed E-state index contributed by atoms with van der Waals surface area (Å²) in [5.74, 6) is 0.335. The van der Waals surface area contributed by atoms with E-state index in [2.05, 4.69) is 5.32 Å². The van der Waals surface area contributed by atoms with Gasteiger partial charge in [0, 0.05) is 13.0 Å². The van der Waals surface area contributed by atoms with E-state index in [0.29, 0.717) is 37.7 Å². The molecule has 7 nitrogen and oxygen atoms in total. The lowest BCUT2D eigenvalue weighted by Gasteiger charge is -2.20. The third-order valence-corrected chi connectivity index (χ3v) is 5.95. The van der Waals surface area contributed by atoms with Crippen molar-refractivity contribution in [2.75, 3.05) is 13.7 Å². The maximum absolute atomic E-state index is 12.6. The molecule has 188 valence electrons. The fourth-order valence-electron chi connectivity index (χ4n) is 4.00. The molecule has 7 heteroatoms. The van der Waals surface area contributed by atoms with Crippen LogP contribution in [0.4, 0.5) is 0 Å². The Bertz CT molecular complexity index is 1130. The molecule has 0 saturated carbocycles. The molecule has 0 spiro atoms. The van der Waals surface area contributed by atoms with E-state index in [4.69, 9.17) is 18.9 Å². The Morgan fingerprint density at radius 1 is 0.889 bits per heavy atom. The molecule has 3 aromatic carbocycles. The number of rotatable bonds is 11. The van der Waals surface area contributed by atoms with Crippen LogP contribution >= 0.6 is 0 Å². The van der Waals surface area contributed by atoms with Crippen LogP contribution in [0.15, 0.2) is 78.9 Å². The maximum atomic E-state index is 12.6. The highest BCUT2D eigenvalue weighted by atomic mass is 16.5. The lowest BCUT2D eigenvalue weighted by molar-refractivity contribution is -0.146. The van der Waals surface area contributed by atoms with Gasteiger partial charge in [0.15, 0.2) is 11.5 Å². The first kappa shape index (κ1) is 25.3. The van der Waals surface area contributed by atoms with Crippen molar-refractivity contribution in [1.82, 2.24) is 5.32 Å². The van der Waals surface area contributed by atoms with E-state index in [-0.39, 0.29) is 12.3 Å². The van der Waals surface area contributed by atoms with Crippen molar-refractivity contribution in [3.63, 3.8) is 0 Å². The highest BCUT2D eigenvalue weighted by Crippen LogP contribution is 2.31. The number of nitrogens with one attached hydrogen (secondary N) is 1. The monoisotopic (exact) mass is 489 g/mol. The van der Waals surface area contributed by atoms with Crippen LogP contribution in [0.5, 0.6) is 11.5 Å². The van der Waals surface area contributed by atoms with E-state index < -0.39 is 18.1 Å². The summed E-state index contributed by atoms with van der Waals surface area (Å²) in [6.07, 6.45) is 1.18. The second-order valence-electron chi connectivity index (χ2n) is 8.62. The highest BCUT2D eigenvalue weighted by Gasteiger charge is 2.29. The van der Waals surface area contributed by atoms with Crippen molar-refractivity contribution in [3.05, 3.63) is 95.6 Å². The predicted molar refractivity (Wildman–Crippen MR) is 135 cm³/mol. The number of esters is 1. The number of methoxy groups -OCH3 is 1. The molecule has 0 aliphatic carbocycles. The SMILES string of the molecule is COC(=O)[C@@H](Cc1ccc(OCc2ccccc2)c(OCc2ccccc2)c1)NC(=O)[C@@H]1CCCO1. The van der Waals surface area contributed by atoms with Gasteiger partial charge in [0.1, 0.15) is 25.4 Å². The van der Waals surface area contributed by atoms with Crippen molar-refractivity contribution in [1.29, 1.82) is 0 Å². The van der Waals surface area contributed by atoms with Gasteiger partial charge in [-0.1, -0.05) is 66.7 Å². The number of benzene rings is 3. The van der Waals surface area contributed by atoms with E-state index in [1.807, 2.05) is 78.9 Å². The average molecular weight is 490 g/mol. The molecule has 0 bridgehead atoms. The van der Waals surface area contributed by atoms with E-state index >= 15 is 0 Å². The first-order chi connectivity index (χ1) is 17.6. The fraction of sp³-hybridized carbons (Fsp3) is 0.310. The molecule has 3 aromatic rings. The number of amides is 1. The lowest BCUT2D eigenvalue weighted by Crippen LogP contribution is -2.47. The quantitative estimate of drug-likeness (QED) is 0.406. The fourth-order valence-corrected chi connectivity index (χ4v) is 4.00. The summed E-state index contributed by atoms with van der Waals surface area (Å²) in [6.45, 7) is 1.31. The van der Waals surface area contributed by atoms with Gasteiger partial charge in [-0.25, -0.2) is 4.79 Å². The zero-order chi connectivity index (χ0) is 25.2. The molecule has 0 unspecified atom stereocenters. The average Bonchev–Trinajstić information content (AvgIpc) is 3.47. The Balaban J connectivity index is 1.51. The molecule has 1 amide bonds. The summed E-state index contributed by atoms with van der Waals surface area (Å²) in [6, 6.07) is 24.4. The van der Waals surface area contributed by atoms with Gasteiger partial charge in [-0.2, -0.15) is 0 Å². The molecule has 4 rings (SSSR count). The van der Waals surface area contributed by atoms with Gasteiger partial charge >= 0.3 is 5.97 Å². The molecule has 1 fully saturated rings. The van der Waals surface area contributed by atoms with Gasteiger partial charge in [-0.3, -0.25) is 4.79 Å². The van der Waals surface area contributed by atoms with Gasteiger partial charge in [0.2, 0.25) is 5.91 Å². The van der Waals surface area contributed by atoms with Gasteiger partial charge < -0.3 is 24.3 Å². The summed E-state index contributed by atoms with van der Waals surface area (Å²) in [5.41, 5.74) is 2.86. The Morgan fingerprint density at radius 2 is 1.53 bits per heavy atom. The molecule has 1 aliphatic heterocycles. The van der Waals surface area contributed by atoms with Gasteiger partial charge in [-0.15, -0.1) is 0 Å². The number of hydrogen-bond donors (Lipinski definition) is 1. The molecule has 1 aliphatic rings. The number of carbonyl (C=O) groups is 2. The van der Waals surface area contributed by atoms with Crippen LogP contribution < -0.4 is 14.8 Å². The summed E-state index contributed by atoms with van der Waals surface area (Å²) >= 11 is 0. The van der Waals surface area contributed by atoms with Crippen LogP contribution in [0.2, 0.25) is 0 Å². The van der Waals surface area contributed by atoms with E-state index in [0.717, 1.165) is 23.1 Å². The predicted octanol–water partition coefficient (Wildman–Crippen LogP) is 4.22. The van der Waals surface area contributed by atoms with Gasteiger partial charge in [0.05, 0.1) is 7.11 Å². The Labute approximate surface area is 211 Å². The Kier molecular flexibility index (Phi) is 8.94. The summed E-state index contributed by atoms with van der Waals surface area (Å²) in [7, 11) is 1.31. The van der Waals surface area contributed by atoms with Crippen LogP contribution in [-0.2, 0) is 38.7 Å². The van der Waals surface area contributed by atoms with E-state index in [1.54, 1.807) is 0 Å². The standard InChI is InChI=1S/C29H31NO6/c1-33-29(32)24(30-28(31)26-13-8-16-34-26)17-23-14-15-25(35-19-21-9-4-2-5-10-21)27(18-23)36-20-22-11-6-3-7-12-22/h2-7,9-12,14-15,18,24,26H,8,13,16-17,19-20H2,1H3,(H,30,31)/t24-,26+/m1/s1. The zero-order valence-corrected chi connectivity index (χ0v) is 20.4. The Morgan fingerprint density at radius 3 is 2.11 bits per heavy atom. The number of ether oxygens (including phenoxy) is 4. The van der Waals surface area contributed by atoms with Crippen molar-refractivity contribution < 1.29 is 28.5 Å². The smallest absolute Gasteiger partial charge is 0.328 e. The molecule has 2 atom stereocenters. The molecule has 1 N–H and O–H groups in total. The molecular weight excluding hydrogens is 458 g/mol. The van der Waals surface area contributed by atoms with Crippen LogP contribution in [0.1, 0.15) is 29.5 Å². The van der Waals surface area contributed by atoms with Crippen molar-refractivity contribution >= 4 is 11.9 Å². The molecule has 36 heavy (non-hydrogen) atoms. The minimum atomic E-state index is -0.843. The van der Waals surface area contributed by atoms with Crippen molar-refractivity contribution in [2.45, 2.75) is 44.6 Å². The number of carbonyl (C=O) groups excluding carboxylic acids is 2. The van der Waals surface area contributed by atoms with Gasteiger partial charge in [0.25, 0.3) is 0 Å². The lowest BCUT2D eigenvalue weighted by atomic mass is 10.0. The van der Waals surface area contributed by atoms with Crippen LogP contribution in [0.3, 0.4) is 0 Å². The second-order valence-corrected chi connectivity index (χ2v) is 8.62. The van der Waals surface area contributed by atoms with Crippen LogP contribution in [0, 0.1) is 0 Å². The highest BCUT2D eigenvalue weighted by molar-refractivity contribution is 5.87. The summed E-state index contributed by atoms with van der Waals surface area (Å²) < 4.78 is 22.6.